The topological polar surface area (TPSA) is 83.3 Å². The summed E-state index contributed by atoms with van der Waals surface area (Å²) in [5.74, 6) is -1.46. The molecule has 0 aliphatic rings. The maximum absolute atomic E-state index is 11.9. The van der Waals surface area contributed by atoms with Crippen molar-refractivity contribution in [2.75, 3.05) is 6.61 Å². The van der Waals surface area contributed by atoms with Crippen molar-refractivity contribution in [1.82, 2.24) is 4.98 Å². The fraction of sp³-hybridized carbons (Fsp3) is 0.250. The van der Waals surface area contributed by atoms with E-state index in [1.165, 1.54) is 24.5 Å². The standard InChI is InChI=1S/C12H11Cl3N2O3/c1-2-20-11(19)8(10(16)12(13,14)15)9(18)7-3-5-17-6-4-7/h3-6,16,18H,2H2,1H3/b9-8+,16-10?. The normalized spacial score (nSPS) is 12.6. The first-order valence-electron chi connectivity index (χ1n) is 5.45. The lowest BCUT2D eigenvalue weighted by molar-refractivity contribution is -0.137. The van der Waals surface area contributed by atoms with E-state index in [2.05, 4.69) is 4.98 Å². The number of aliphatic hydroxyl groups is 1. The van der Waals surface area contributed by atoms with E-state index in [9.17, 15) is 9.90 Å². The Morgan fingerprint density at radius 3 is 2.40 bits per heavy atom. The van der Waals surface area contributed by atoms with Gasteiger partial charge in [-0.15, -0.1) is 0 Å². The third kappa shape index (κ3) is 4.10. The van der Waals surface area contributed by atoms with Gasteiger partial charge >= 0.3 is 5.97 Å². The zero-order valence-electron chi connectivity index (χ0n) is 10.4. The highest BCUT2D eigenvalue weighted by Crippen LogP contribution is 2.33. The Hall–Kier alpha value is -1.30. The predicted molar refractivity (Wildman–Crippen MR) is 78.4 cm³/mol. The van der Waals surface area contributed by atoms with E-state index in [0.29, 0.717) is 0 Å². The van der Waals surface area contributed by atoms with E-state index >= 15 is 0 Å². The predicted octanol–water partition coefficient (Wildman–Crippen LogP) is 3.30. The summed E-state index contributed by atoms with van der Waals surface area (Å²) in [6, 6.07) is 2.89. The monoisotopic (exact) mass is 336 g/mol. The van der Waals surface area contributed by atoms with Crippen LogP contribution in [0.25, 0.3) is 5.76 Å². The molecule has 0 radical (unpaired) electrons. The lowest BCUT2D eigenvalue weighted by Gasteiger charge is -2.16. The summed E-state index contributed by atoms with van der Waals surface area (Å²) in [6.07, 6.45) is 2.82. The van der Waals surface area contributed by atoms with Crippen molar-refractivity contribution >= 4 is 52.2 Å². The number of hydrogen-bond acceptors (Lipinski definition) is 5. The van der Waals surface area contributed by atoms with Crippen molar-refractivity contribution in [2.24, 2.45) is 0 Å². The Labute approximate surface area is 130 Å². The molecular formula is C12H11Cl3N2O3. The number of ether oxygens (including phenoxy) is 1. The second-order valence-electron chi connectivity index (χ2n) is 3.55. The van der Waals surface area contributed by atoms with E-state index in [1.807, 2.05) is 0 Å². The Balaban J connectivity index is 3.37. The SMILES string of the molecule is CCOC(=O)/C(C(=N)C(Cl)(Cl)Cl)=C(/O)c1ccncc1. The van der Waals surface area contributed by atoms with Crippen molar-refractivity contribution in [3.8, 4) is 0 Å². The van der Waals surface area contributed by atoms with Crippen LogP contribution in [0.1, 0.15) is 12.5 Å². The molecule has 0 saturated heterocycles. The van der Waals surface area contributed by atoms with Gasteiger partial charge in [0.05, 0.1) is 6.61 Å². The summed E-state index contributed by atoms with van der Waals surface area (Å²) in [6.45, 7) is 1.64. The van der Waals surface area contributed by atoms with Gasteiger partial charge in [-0.25, -0.2) is 4.79 Å². The zero-order valence-corrected chi connectivity index (χ0v) is 12.6. The number of aliphatic hydroxyl groups excluding tert-OH is 1. The Bertz CT molecular complexity index is 539. The first kappa shape index (κ1) is 16.8. The first-order valence-corrected chi connectivity index (χ1v) is 6.59. The van der Waals surface area contributed by atoms with Gasteiger partial charge in [0.1, 0.15) is 17.0 Å². The van der Waals surface area contributed by atoms with Crippen molar-refractivity contribution in [3.05, 3.63) is 35.7 Å². The second-order valence-corrected chi connectivity index (χ2v) is 5.83. The molecule has 1 heterocycles. The molecule has 0 amide bonds. The van der Waals surface area contributed by atoms with Crippen LogP contribution in [-0.4, -0.2) is 32.2 Å². The summed E-state index contributed by atoms with van der Waals surface area (Å²) in [5.41, 5.74) is -0.921. The zero-order chi connectivity index (χ0) is 15.3. The number of rotatable bonds is 4. The molecule has 5 nitrogen and oxygen atoms in total. The van der Waals surface area contributed by atoms with Crippen LogP contribution in [-0.2, 0) is 9.53 Å². The van der Waals surface area contributed by atoms with Crippen LogP contribution in [0.2, 0.25) is 0 Å². The molecule has 0 bridgehead atoms. The molecular weight excluding hydrogens is 327 g/mol. The average Bonchev–Trinajstić information content (AvgIpc) is 2.39. The molecule has 0 aromatic carbocycles. The summed E-state index contributed by atoms with van der Waals surface area (Å²) in [4.78, 5) is 15.7. The van der Waals surface area contributed by atoms with Crippen molar-refractivity contribution in [2.45, 2.75) is 10.7 Å². The number of halogens is 3. The summed E-state index contributed by atoms with van der Waals surface area (Å²) in [5, 5.41) is 17.9. The highest BCUT2D eigenvalue weighted by atomic mass is 35.6. The summed E-state index contributed by atoms with van der Waals surface area (Å²) < 4.78 is 2.61. The van der Waals surface area contributed by atoms with Crippen molar-refractivity contribution in [1.29, 1.82) is 5.41 Å². The summed E-state index contributed by atoms with van der Waals surface area (Å²) in [7, 11) is 0. The number of carbonyl (C=O) groups is 1. The van der Waals surface area contributed by atoms with Crippen LogP contribution >= 0.6 is 34.8 Å². The van der Waals surface area contributed by atoms with E-state index in [0.717, 1.165) is 0 Å². The van der Waals surface area contributed by atoms with E-state index in [-0.39, 0.29) is 12.2 Å². The number of aromatic nitrogens is 1. The molecule has 1 aromatic rings. The molecule has 1 rings (SSSR count). The highest BCUT2D eigenvalue weighted by Gasteiger charge is 2.36. The van der Waals surface area contributed by atoms with Crippen LogP contribution in [0.4, 0.5) is 0 Å². The molecule has 1 aromatic heterocycles. The minimum atomic E-state index is -2.16. The molecule has 0 aliphatic heterocycles. The van der Waals surface area contributed by atoms with Crippen LogP contribution in [0.3, 0.4) is 0 Å². The fourth-order valence-corrected chi connectivity index (χ4v) is 1.60. The second kappa shape index (κ2) is 6.92. The molecule has 0 spiro atoms. The number of hydrogen-bond donors (Lipinski definition) is 2. The van der Waals surface area contributed by atoms with Gasteiger partial charge in [-0.1, -0.05) is 34.8 Å². The lowest BCUT2D eigenvalue weighted by atomic mass is 10.1. The van der Waals surface area contributed by atoms with Gasteiger partial charge in [0.2, 0.25) is 3.79 Å². The van der Waals surface area contributed by atoms with Gasteiger partial charge in [-0.2, -0.15) is 0 Å². The quantitative estimate of drug-likeness (QED) is 0.290. The maximum Gasteiger partial charge on any atom is 0.343 e. The third-order valence-electron chi connectivity index (χ3n) is 2.20. The highest BCUT2D eigenvalue weighted by molar-refractivity contribution is 6.78. The van der Waals surface area contributed by atoms with Crippen molar-refractivity contribution < 1.29 is 14.6 Å². The molecule has 0 saturated carbocycles. The number of pyridine rings is 1. The van der Waals surface area contributed by atoms with Gasteiger partial charge in [-0.05, 0) is 19.1 Å². The average molecular weight is 338 g/mol. The minimum Gasteiger partial charge on any atom is -0.506 e. The third-order valence-corrected chi connectivity index (χ3v) is 2.77. The summed E-state index contributed by atoms with van der Waals surface area (Å²) >= 11 is 16.8. The van der Waals surface area contributed by atoms with Gasteiger partial charge < -0.3 is 9.84 Å². The van der Waals surface area contributed by atoms with Gasteiger partial charge in [-0.3, -0.25) is 10.4 Å². The van der Waals surface area contributed by atoms with Crippen LogP contribution in [0, 0.1) is 5.41 Å². The molecule has 8 heteroatoms. The molecule has 2 N–H and O–H groups in total. The van der Waals surface area contributed by atoms with E-state index in [1.54, 1.807) is 6.92 Å². The molecule has 0 unspecified atom stereocenters. The Morgan fingerprint density at radius 1 is 1.40 bits per heavy atom. The van der Waals surface area contributed by atoms with Crippen LogP contribution < -0.4 is 0 Å². The van der Waals surface area contributed by atoms with Crippen molar-refractivity contribution in [3.63, 3.8) is 0 Å². The molecule has 0 atom stereocenters. The van der Waals surface area contributed by atoms with Crippen LogP contribution in [0.5, 0.6) is 0 Å². The smallest absolute Gasteiger partial charge is 0.343 e. The molecule has 20 heavy (non-hydrogen) atoms. The number of carbonyl (C=O) groups excluding carboxylic acids is 1. The lowest BCUT2D eigenvalue weighted by Crippen LogP contribution is -2.27. The number of nitrogens with zero attached hydrogens (tertiary/aromatic N) is 1. The molecule has 108 valence electrons. The Morgan fingerprint density at radius 2 is 1.95 bits per heavy atom. The molecule has 0 fully saturated rings. The first-order chi connectivity index (χ1) is 9.29. The van der Waals surface area contributed by atoms with E-state index in [4.69, 9.17) is 44.9 Å². The number of alkyl halides is 3. The van der Waals surface area contributed by atoms with Gasteiger partial charge in [0, 0.05) is 18.0 Å². The van der Waals surface area contributed by atoms with Gasteiger partial charge in [0.15, 0.2) is 0 Å². The number of esters is 1. The number of nitrogens with one attached hydrogen (secondary N) is 1. The maximum atomic E-state index is 11.9. The fourth-order valence-electron chi connectivity index (χ4n) is 1.32. The molecule has 0 aliphatic carbocycles. The van der Waals surface area contributed by atoms with Gasteiger partial charge in [0.25, 0.3) is 0 Å². The minimum absolute atomic E-state index is 0.0547. The van der Waals surface area contributed by atoms with E-state index < -0.39 is 26.8 Å². The van der Waals surface area contributed by atoms with Crippen LogP contribution in [0.15, 0.2) is 30.1 Å². The Kier molecular flexibility index (Phi) is 5.80. The largest absolute Gasteiger partial charge is 0.506 e.